The van der Waals surface area contributed by atoms with Crippen molar-refractivity contribution < 1.29 is 9.59 Å². The van der Waals surface area contributed by atoms with E-state index in [2.05, 4.69) is 17.4 Å². The van der Waals surface area contributed by atoms with Crippen LogP contribution in [0.2, 0.25) is 0 Å². The fraction of sp³-hybridized carbons (Fsp3) is 0.579. The lowest BCUT2D eigenvalue weighted by atomic mass is 10.1. The zero-order valence-corrected chi connectivity index (χ0v) is 14.1. The SMILES string of the molecule is CC(=O)N(CC(=O)NCCc1ccccc1)C1CCCCCC1. The Morgan fingerprint density at radius 2 is 1.74 bits per heavy atom. The van der Waals surface area contributed by atoms with E-state index < -0.39 is 0 Å². The maximum Gasteiger partial charge on any atom is 0.239 e. The lowest BCUT2D eigenvalue weighted by Crippen LogP contribution is -2.45. The number of amides is 2. The van der Waals surface area contributed by atoms with Gasteiger partial charge in [-0.2, -0.15) is 0 Å². The number of rotatable bonds is 6. The molecule has 2 amide bonds. The predicted octanol–water partition coefficient (Wildman–Crippen LogP) is 2.92. The van der Waals surface area contributed by atoms with Crippen LogP contribution in [0.1, 0.15) is 51.0 Å². The first-order chi connectivity index (χ1) is 11.2. The molecule has 4 nitrogen and oxygen atoms in total. The summed E-state index contributed by atoms with van der Waals surface area (Å²) in [5.41, 5.74) is 1.21. The van der Waals surface area contributed by atoms with Crippen LogP contribution in [0.15, 0.2) is 30.3 Å². The fourth-order valence-corrected chi connectivity index (χ4v) is 3.27. The Labute approximate surface area is 139 Å². The van der Waals surface area contributed by atoms with Gasteiger partial charge in [-0.1, -0.05) is 56.0 Å². The highest BCUT2D eigenvalue weighted by Crippen LogP contribution is 2.21. The van der Waals surface area contributed by atoms with E-state index in [1.165, 1.54) is 18.4 Å². The molecule has 4 heteroatoms. The highest BCUT2D eigenvalue weighted by molar-refractivity contribution is 5.83. The number of nitrogens with zero attached hydrogens (tertiary/aromatic N) is 1. The molecule has 1 fully saturated rings. The molecule has 126 valence electrons. The number of nitrogens with one attached hydrogen (secondary N) is 1. The van der Waals surface area contributed by atoms with E-state index in [0.717, 1.165) is 32.1 Å². The molecule has 0 atom stereocenters. The van der Waals surface area contributed by atoms with Crippen molar-refractivity contribution in [2.75, 3.05) is 13.1 Å². The molecule has 0 heterocycles. The first-order valence-corrected chi connectivity index (χ1v) is 8.74. The molecule has 1 aliphatic carbocycles. The van der Waals surface area contributed by atoms with Gasteiger partial charge in [-0.05, 0) is 24.8 Å². The molecule has 1 aliphatic rings. The van der Waals surface area contributed by atoms with Crippen LogP contribution in [-0.4, -0.2) is 35.8 Å². The summed E-state index contributed by atoms with van der Waals surface area (Å²) in [7, 11) is 0. The summed E-state index contributed by atoms with van der Waals surface area (Å²) in [6, 6.07) is 10.3. The monoisotopic (exact) mass is 316 g/mol. The fourth-order valence-electron chi connectivity index (χ4n) is 3.27. The number of carbonyl (C=O) groups is 2. The predicted molar refractivity (Wildman–Crippen MR) is 92.0 cm³/mol. The van der Waals surface area contributed by atoms with Gasteiger partial charge in [0, 0.05) is 19.5 Å². The summed E-state index contributed by atoms with van der Waals surface area (Å²) in [5.74, 6) is -0.0458. The van der Waals surface area contributed by atoms with Crippen LogP contribution in [0, 0.1) is 0 Å². The summed E-state index contributed by atoms with van der Waals surface area (Å²) in [6.07, 6.45) is 7.66. The average molecular weight is 316 g/mol. The Balaban J connectivity index is 1.79. The van der Waals surface area contributed by atoms with Crippen molar-refractivity contribution in [1.29, 1.82) is 0 Å². The van der Waals surface area contributed by atoms with Gasteiger partial charge >= 0.3 is 0 Å². The highest BCUT2D eigenvalue weighted by Gasteiger charge is 2.24. The maximum absolute atomic E-state index is 12.2. The smallest absolute Gasteiger partial charge is 0.239 e. The first kappa shape index (κ1) is 17.5. The van der Waals surface area contributed by atoms with Crippen LogP contribution >= 0.6 is 0 Å². The van der Waals surface area contributed by atoms with Crippen molar-refractivity contribution in [3.63, 3.8) is 0 Å². The third-order valence-corrected chi connectivity index (χ3v) is 4.56. The second kappa shape index (κ2) is 9.33. The summed E-state index contributed by atoms with van der Waals surface area (Å²) in [6.45, 7) is 2.37. The van der Waals surface area contributed by atoms with E-state index in [9.17, 15) is 9.59 Å². The van der Waals surface area contributed by atoms with Crippen LogP contribution in [0.5, 0.6) is 0 Å². The topological polar surface area (TPSA) is 49.4 Å². The Kier molecular flexibility index (Phi) is 7.11. The van der Waals surface area contributed by atoms with Gasteiger partial charge in [-0.25, -0.2) is 0 Å². The normalized spacial score (nSPS) is 15.7. The molecule has 1 aromatic rings. The van der Waals surface area contributed by atoms with Crippen molar-refractivity contribution in [3.05, 3.63) is 35.9 Å². The third kappa shape index (κ3) is 6.05. The van der Waals surface area contributed by atoms with Gasteiger partial charge in [-0.15, -0.1) is 0 Å². The largest absolute Gasteiger partial charge is 0.354 e. The summed E-state index contributed by atoms with van der Waals surface area (Å²) >= 11 is 0. The molecular weight excluding hydrogens is 288 g/mol. The number of hydrogen-bond acceptors (Lipinski definition) is 2. The standard InChI is InChI=1S/C19H28N2O2/c1-16(22)21(18-11-7-2-3-8-12-18)15-19(23)20-14-13-17-9-5-4-6-10-17/h4-6,9-10,18H,2-3,7-8,11-15H2,1H3,(H,20,23). The van der Waals surface area contributed by atoms with Crippen LogP contribution in [-0.2, 0) is 16.0 Å². The van der Waals surface area contributed by atoms with Crippen LogP contribution in [0.25, 0.3) is 0 Å². The number of benzene rings is 1. The van der Waals surface area contributed by atoms with Gasteiger partial charge in [0.2, 0.25) is 11.8 Å². The molecule has 1 saturated carbocycles. The Morgan fingerprint density at radius 1 is 1.09 bits per heavy atom. The van der Waals surface area contributed by atoms with E-state index in [1.54, 1.807) is 11.8 Å². The molecule has 23 heavy (non-hydrogen) atoms. The van der Waals surface area contributed by atoms with Gasteiger partial charge in [0.25, 0.3) is 0 Å². The van der Waals surface area contributed by atoms with Crippen molar-refractivity contribution in [2.24, 2.45) is 0 Å². The summed E-state index contributed by atoms with van der Waals surface area (Å²) < 4.78 is 0. The van der Waals surface area contributed by atoms with E-state index >= 15 is 0 Å². The van der Waals surface area contributed by atoms with Crippen LogP contribution < -0.4 is 5.32 Å². The molecule has 1 N–H and O–H groups in total. The van der Waals surface area contributed by atoms with Gasteiger partial charge in [0.15, 0.2) is 0 Å². The van der Waals surface area contributed by atoms with Crippen molar-refractivity contribution in [2.45, 2.75) is 57.9 Å². The maximum atomic E-state index is 12.2. The van der Waals surface area contributed by atoms with Gasteiger partial charge in [0.1, 0.15) is 0 Å². The lowest BCUT2D eigenvalue weighted by molar-refractivity contribution is -0.136. The molecule has 0 aliphatic heterocycles. The molecule has 0 spiro atoms. The molecule has 1 aromatic carbocycles. The molecule has 0 radical (unpaired) electrons. The highest BCUT2D eigenvalue weighted by atomic mass is 16.2. The Bertz CT molecular complexity index is 493. The van der Waals surface area contributed by atoms with Crippen molar-refractivity contribution in [3.8, 4) is 0 Å². The second-order valence-electron chi connectivity index (χ2n) is 6.38. The zero-order valence-electron chi connectivity index (χ0n) is 14.1. The van der Waals surface area contributed by atoms with Crippen LogP contribution in [0.3, 0.4) is 0 Å². The van der Waals surface area contributed by atoms with E-state index in [4.69, 9.17) is 0 Å². The molecule has 0 bridgehead atoms. The summed E-state index contributed by atoms with van der Waals surface area (Å²) in [4.78, 5) is 25.9. The van der Waals surface area contributed by atoms with Gasteiger partial charge < -0.3 is 10.2 Å². The minimum absolute atomic E-state index is 0.00936. The van der Waals surface area contributed by atoms with Crippen molar-refractivity contribution in [1.82, 2.24) is 10.2 Å². The minimum Gasteiger partial charge on any atom is -0.354 e. The van der Waals surface area contributed by atoms with E-state index in [-0.39, 0.29) is 24.4 Å². The molecular formula is C19H28N2O2. The number of hydrogen-bond donors (Lipinski definition) is 1. The summed E-state index contributed by atoms with van der Waals surface area (Å²) in [5, 5.41) is 2.94. The Morgan fingerprint density at radius 3 is 2.35 bits per heavy atom. The number of carbonyl (C=O) groups excluding carboxylic acids is 2. The van der Waals surface area contributed by atoms with Crippen molar-refractivity contribution >= 4 is 11.8 Å². The zero-order chi connectivity index (χ0) is 16.5. The van der Waals surface area contributed by atoms with Crippen LogP contribution in [0.4, 0.5) is 0 Å². The lowest BCUT2D eigenvalue weighted by Gasteiger charge is -2.29. The van der Waals surface area contributed by atoms with E-state index in [1.807, 2.05) is 18.2 Å². The quantitative estimate of drug-likeness (QED) is 0.820. The average Bonchev–Trinajstić information content (AvgIpc) is 2.82. The molecule has 0 unspecified atom stereocenters. The third-order valence-electron chi connectivity index (χ3n) is 4.56. The second-order valence-corrected chi connectivity index (χ2v) is 6.38. The van der Waals surface area contributed by atoms with Gasteiger partial charge in [-0.3, -0.25) is 9.59 Å². The molecule has 2 rings (SSSR count). The van der Waals surface area contributed by atoms with E-state index in [0.29, 0.717) is 6.54 Å². The minimum atomic E-state index is -0.0552. The molecule has 0 saturated heterocycles. The Hall–Kier alpha value is -1.84. The molecule has 0 aromatic heterocycles. The van der Waals surface area contributed by atoms with Gasteiger partial charge in [0.05, 0.1) is 6.54 Å². The first-order valence-electron chi connectivity index (χ1n) is 8.74.